The molecule has 0 spiro atoms. The van der Waals surface area contributed by atoms with E-state index in [1.54, 1.807) is 0 Å². The van der Waals surface area contributed by atoms with Crippen LogP contribution in [0, 0.1) is 0 Å². The maximum absolute atomic E-state index is 13.3. The van der Waals surface area contributed by atoms with Gasteiger partial charge in [0.25, 0.3) is 0 Å². The van der Waals surface area contributed by atoms with E-state index in [1.165, 1.54) is 17.0 Å². The summed E-state index contributed by atoms with van der Waals surface area (Å²) >= 11 is 0. The first-order valence-corrected chi connectivity index (χ1v) is 11.5. The quantitative estimate of drug-likeness (QED) is 0.182. The number of methoxy groups -OCH3 is 2. The van der Waals surface area contributed by atoms with E-state index >= 15 is 0 Å². The lowest BCUT2D eigenvalue weighted by Crippen LogP contribution is -2.23. The molecule has 0 amide bonds. The molecule has 39 heavy (non-hydrogen) atoms. The first kappa shape index (κ1) is 29.7. The minimum atomic E-state index is -4.65. The van der Waals surface area contributed by atoms with Crippen molar-refractivity contribution >= 4 is 29.0 Å². The molecule has 0 saturated carbocycles. The fourth-order valence-electron chi connectivity index (χ4n) is 3.85. The number of carbonyl (C=O) groups is 2. The maximum Gasteiger partial charge on any atom is 0.416 e. The van der Waals surface area contributed by atoms with E-state index < -0.39 is 40.8 Å². The molecule has 0 bridgehead atoms. The number of alkyl halides is 6. The van der Waals surface area contributed by atoms with Crippen molar-refractivity contribution in [1.82, 2.24) is 4.90 Å². The molecule has 0 aliphatic rings. The molecule has 0 aromatic heterocycles. The Hall–Kier alpha value is -3.86. The summed E-state index contributed by atoms with van der Waals surface area (Å²) in [6.07, 6.45) is -9.30. The Bertz CT molecular complexity index is 1260. The number of hydrogen-bond acceptors (Lipinski definition) is 5. The van der Waals surface area contributed by atoms with Gasteiger partial charge in [-0.1, -0.05) is 25.7 Å². The molecule has 3 rings (SSSR count). The second-order valence-corrected chi connectivity index (χ2v) is 9.58. The van der Waals surface area contributed by atoms with Crippen molar-refractivity contribution in [3.05, 3.63) is 88.5 Å². The molecule has 207 valence electrons. The predicted octanol–water partition coefficient (Wildman–Crippen LogP) is 8.03. The van der Waals surface area contributed by atoms with Crippen molar-refractivity contribution in [3.8, 4) is 0 Å². The molecule has 0 saturated heterocycles. The van der Waals surface area contributed by atoms with Crippen LogP contribution in [0.4, 0.5) is 43.4 Å². The Morgan fingerprint density at radius 3 is 1.21 bits per heavy atom. The third-order valence-corrected chi connectivity index (χ3v) is 5.92. The van der Waals surface area contributed by atoms with Crippen molar-refractivity contribution in [2.45, 2.75) is 38.5 Å². The van der Waals surface area contributed by atoms with Crippen molar-refractivity contribution in [1.29, 1.82) is 0 Å². The first-order valence-electron chi connectivity index (χ1n) is 11.5. The summed E-state index contributed by atoms with van der Waals surface area (Å²) < 4.78 is 89.5. The van der Waals surface area contributed by atoms with Crippen LogP contribution < -0.4 is 4.90 Å². The summed E-state index contributed by atoms with van der Waals surface area (Å²) in [5.41, 5.74) is -2.35. The van der Waals surface area contributed by atoms with Crippen molar-refractivity contribution in [3.63, 3.8) is 0 Å². The van der Waals surface area contributed by atoms with E-state index in [1.807, 2.05) is 20.8 Å². The van der Waals surface area contributed by atoms with E-state index in [4.69, 9.17) is 9.47 Å². The highest BCUT2D eigenvalue weighted by atomic mass is 19.4. The standard InChI is InChI=1S/C28H25F6NO4/c1-26(2,3)18-14-21(24(36)38-4)23(22(15-18)25(37)39-5)35(19-10-6-16(7-11-19)27(29,30)31)20-12-8-17(9-13-20)28(32,33)34/h6-15H,1-5H3/q+1. The van der Waals surface area contributed by atoms with Gasteiger partial charge in [-0.2, -0.15) is 26.3 Å². The Morgan fingerprint density at radius 1 is 0.615 bits per heavy atom. The number of benzene rings is 3. The largest absolute Gasteiger partial charge is 0.465 e. The molecule has 11 heteroatoms. The van der Waals surface area contributed by atoms with E-state index in [-0.39, 0.29) is 28.2 Å². The third-order valence-electron chi connectivity index (χ3n) is 5.92. The van der Waals surface area contributed by atoms with E-state index in [0.29, 0.717) is 5.56 Å². The lowest BCUT2D eigenvalue weighted by molar-refractivity contribution is -0.138. The van der Waals surface area contributed by atoms with E-state index in [0.717, 1.165) is 62.8 Å². The van der Waals surface area contributed by atoms with Gasteiger partial charge >= 0.3 is 24.3 Å². The Labute approximate surface area is 220 Å². The molecule has 5 nitrogen and oxygen atoms in total. The minimum Gasteiger partial charge on any atom is -0.465 e. The molecule has 3 aromatic rings. The molecule has 1 radical (unpaired) electrons. The molecule has 0 aliphatic carbocycles. The number of rotatable bonds is 5. The van der Waals surface area contributed by atoms with Crippen LogP contribution in [-0.2, 0) is 27.2 Å². The summed E-state index contributed by atoms with van der Waals surface area (Å²) in [4.78, 5) is 27.2. The Morgan fingerprint density at radius 2 is 0.949 bits per heavy atom. The lowest BCUT2D eigenvalue weighted by Gasteiger charge is -2.23. The van der Waals surface area contributed by atoms with Gasteiger partial charge in [0.15, 0.2) is 11.4 Å². The van der Waals surface area contributed by atoms with Crippen molar-refractivity contribution in [2.75, 3.05) is 14.2 Å². The normalized spacial score (nSPS) is 12.4. The van der Waals surface area contributed by atoms with Crippen LogP contribution in [0.1, 0.15) is 58.2 Å². The Kier molecular flexibility index (Phi) is 8.16. The second kappa shape index (κ2) is 10.7. The average molecular weight is 553 g/mol. The topological polar surface area (TPSA) is 58.5 Å². The van der Waals surface area contributed by atoms with Gasteiger partial charge in [-0.15, -0.1) is 0 Å². The van der Waals surface area contributed by atoms with Gasteiger partial charge in [-0.3, -0.25) is 0 Å². The molecular weight excluding hydrogens is 528 g/mol. The molecule has 3 aromatic carbocycles. The summed E-state index contributed by atoms with van der Waals surface area (Å²) in [7, 11) is 2.21. The van der Waals surface area contributed by atoms with Gasteiger partial charge in [0.05, 0.1) is 25.3 Å². The number of nitrogens with zero attached hydrogens (tertiary/aromatic N) is 1. The average Bonchev–Trinajstić information content (AvgIpc) is 2.86. The lowest BCUT2D eigenvalue weighted by atomic mass is 9.84. The van der Waals surface area contributed by atoms with Gasteiger partial charge in [-0.05, 0) is 47.4 Å². The summed E-state index contributed by atoms with van der Waals surface area (Å²) in [5, 5.41) is 0. The Balaban J connectivity index is 2.44. The van der Waals surface area contributed by atoms with Gasteiger partial charge in [0, 0.05) is 24.3 Å². The van der Waals surface area contributed by atoms with Crippen LogP contribution in [-0.4, -0.2) is 26.2 Å². The van der Waals surface area contributed by atoms with Gasteiger partial charge in [0.1, 0.15) is 11.1 Å². The van der Waals surface area contributed by atoms with Gasteiger partial charge < -0.3 is 9.47 Å². The van der Waals surface area contributed by atoms with Crippen LogP contribution in [0.2, 0.25) is 0 Å². The molecule has 0 atom stereocenters. The summed E-state index contributed by atoms with van der Waals surface area (Å²) in [5.74, 6) is -1.77. The summed E-state index contributed by atoms with van der Waals surface area (Å²) in [6.45, 7) is 5.48. The first-order chi connectivity index (χ1) is 18.0. The number of carbonyl (C=O) groups excluding carboxylic acids is 2. The number of ether oxygens (including phenoxy) is 2. The van der Waals surface area contributed by atoms with Crippen LogP contribution in [0.5, 0.6) is 0 Å². The third kappa shape index (κ3) is 6.42. The molecule has 0 heterocycles. The highest BCUT2D eigenvalue weighted by molar-refractivity contribution is 6.05. The number of halogens is 6. The number of esters is 2. The number of hydrogen-bond donors (Lipinski definition) is 0. The smallest absolute Gasteiger partial charge is 0.416 e. The zero-order valence-corrected chi connectivity index (χ0v) is 21.6. The van der Waals surface area contributed by atoms with Gasteiger partial charge in [0.2, 0.25) is 5.69 Å². The van der Waals surface area contributed by atoms with Crippen LogP contribution in [0.25, 0.3) is 0 Å². The van der Waals surface area contributed by atoms with Crippen molar-refractivity contribution < 1.29 is 45.4 Å². The highest BCUT2D eigenvalue weighted by Crippen LogP contribution is 2.43. The fourth-order valence-corrected chi connectivity index (χ4v) is 3.85. The van der Waals surface area contributed by atoms with Crippen LogP contribution in [0.15, 0.2) is 60.7 Å². The zero-order valence-electron chi connectivity index (χ0n) is 21.6. The zero-order chi connectivity index (χ0) is 29.3. The molecular formula is C28H25F6NO4+. The number of anilines is 3. The SMILES string of the molecule is COC(=O)c1cc(C(C)(C)C)cc(C(=O)OC)c1[N+](c1ccc(C(F)(F)F)cc1)c1ccc(C(F)(F)F)cc1. The van der Waals surface area contributed by atoms with Crippen molar-refractivity contribution in [2.24, 2.45) is 0 Å². The fraction of sp³-hybridized carbons (Fsp3) is 0.286. The van der Waals surface area contributed by atoms with E-state index in [2.05, 4.69) is 0 Å². The maximum atomic E-state index is 13.3. The molecule has 0 aliphatic heterocycles. The van der Waals surface area contributed by atoms with Gasteiger partial charge in [-0.25, -0.2) is 9.59 Å². The molecule has 0 unspecified atom stereocenters. The minimum absolute atomic E-state index is 0.0292. The summed E-state index contributed by atoms with van der Waals surface area (Å²) in [6, 6.07) is 10.4. The van der Waals surface area contributed by atoms with Crippen LogP contribution in [0.3, 0.4) is 0 Å². The molecule has 0 N–H and O–H groups in total. The van der Waals surface area contributed by atoms with E-state index in [9.17, 15) is 35.9 Å². The predicted molar refractivity (Wildman–Crippen MR) is 132 cm³/mol. The van der Waals surface area contributed by atoms with Crippen LogP contribution >= 0.6 is 0 Å². The molecule has 0 fully saturated rings. The second-order valence-electron chi connectivity index (χ2n) is 9.58. The highest BCUT2D eigenvalue weighted by Gasteiger charge is 2.40. The monoisotopic (exact) mass is 553 g/mol.